The number of pyridine rings is 1. The normalized spacial score (nSPS) is 20.9. The Morgan fingerprint density at radius 3 is 2.74 bits per heavy atom. The van der Waals surface area contributed by atoms with Gasteiger partial charge in [0.05, 0.1) is 19.9 Å². The minimum Gasteiger partial charge on any atom is -0.496 e. The Bertz CT molecular complexity index is 627. The molecule has 1 N–H and O–H groups in total. The molecule has 122 valence electrons. The van der Waals surface area contributed by atoms with E-state index in [2.05, 4.69) is 17.1 Å². The molecular formula is C19H23NO3. The van der Waals surface area contributed by atoms with E-state index in [9.17, 15) is 5.11 Å². The Balaban J connectivity index is 1.72. The molecule has 4 heteroatoms. The number of nitrogens with zero attached hydrogens (tertiary/aromatic N) is 1. The first-order chi connectivity index (χ1) is 11.3. The quantitative estimate of drug-likeness (QED) is 0.901. The molecule has 1 saturated carbocycles. The molecule has 1 heterocycles. The summed E-state index contributed by atoms with van der Waals surface area (Å²) in [5, 5.41) is 9.24. The Hall–Kier alpha value is -2.23. The molecule has 1 aromatic heterocycles. The molecule has 3 rings (SSSR count). The van der Waals surface area contributed by atoms with Gasteiger partial charge in [0, 0.05) is 6.07 Å². The maximum Gasteiger partial charge on any atom is 0.210 e. The molecule has 1 aromatic carbocycles. The summed E-state index contributed by atoms with van der Waals surface area (Å²) in [4.78, 5) is 3.86. The minimum absolute atomic E-state index is 0.0157. The number of aromatic nitrogens is 1. The van der Waals surface area contributed by atoms with Gasteiger partial charge in [-0.15, -0.1) is 0 Å². The first-order valence-corrected chi connectivity index (χ1v) is 8.18. The van der Waals surface area contributed by atoms with Crippen molar-refractivity contribution in [2.75, 3.05) is 13.7 Å². The first-order valence-electron chi connectivity index (χ1n) is 8.18. The predicted molar refractivity (Wildman–Crippen MR) is 89.1 cm³/mol. The lowest BCUT2D eigenvalue weighted by molar-refractivity contribution is 0.184. The van der Waals surface area contributed by atoms with Gasteiger partial charge in [-0.2, -0.15) is 0 Å². The van der Waals surface area contributed by atoms with Crippen molar-refractivity contribution >= 4 is 0 Å². The molecule has 2 aromatic rings. The van der Waals surface area contributed by atoms with Gasteiger partial charge in [0.15, 0.2) is 0 Å². The third-order valence-electron chi connectivity index (χ3n) is 4.63. The van der Waals surface area contributed by atoms with Crippen LogP contribution in [0.1, 0.15) is 37.2 Å². The van der Waals surface area contributed by atoms with Crippen LogP contribution < -0.4 is 9.47 Å². The molecule has 2 unspecified atom stereocenters. The second-order valence-corrected chi connectivity index (χ2v) is 6.06. The third kappa shape index (κ3) is 3.76. The fourth-order valence-corrected chi connectivity index (χ4v) is 3.45. The number of rotatable bonds is 5. The lowest BCUT2D eigenvalue weighted by Gasteiger charge is -2.32. The number of hydrogen-bond acceptors (Lipinski definition) is 4. The second-order valence-electron chi connectivity index (χ2n) is 6.06. The van der Waals surface area contributed by atoms with E-state index in [1.807, 2.05) is 12.1 Å². The number of benzene rings is 1. The molecule has 0 spiro atoms. The van der Waals surface area contributed by atoms with E-state index in [4.69, 9.17) is 9.47 Å². The third-order valence-corrected chi connectivity index (χ3v) is 4.63. The average molecular weight is 313 g/mol. The van der Waals surface area contributed by atoms with E-state index in [0.717, 1.165) is 12.2 Å². The van der Waals surface area contributed by atoms with Gasteiger partial charge in [-0.25, -0.2) is 4.98 Å². The van der Waals surface area contributed by atoms with Crippen LogP contribution in [0, 0.1) is 5.92 Å². The summed E-state index contributed by atoms with van der Waals surface area (Å²) in [5.74, 6) is 2.61. The first kappa shape index (κ1) is 15.7. The molecule has 0 amide bonds. The van der Waals surface area contributed by atoms with Crippen LogP contribution in [0.25, 0.3) is 0 Å². The molecule has 0 aliphatic heterocycles. The molecule has 0 radical (unpaired) electrons. The summed E-state index contributed by atoms with van der Waals surface area (Å²) in [6.45, 7) is 0.662. The topological polar surface area (TPSA) is 51.6 Å². The smallest absolute Gasteiger partial charge is 0.210 e. The Kier molecular flexibility index (Phi) is 5.01. The van der Waals surface area contributed by atoms with Gasteiger partial charge in [0.1, 0.15) is 11.5 Å². The second kappa shape index (κ2) is 7.36. The maximum absolute atomic E-state index is 9.24. The minimum atomic E-state index is 0.0157. The number of hydrogen-bond donors (Lipinski definition) is 1. The fraction of sp³-hybridized carbons (Fsp3) is 0.421. The Morgan fingerprint density at radius 2 is 1.96 bits per heavy atom. The zero-order valence-electron chi connectivity index (χ0n) is 13.4. The largest absolute Gasteiger partial charge is 0.496 e. The molecule has 4 nitrogen and oxygen atoms in total. The van der Waals surface area contributed by atoms with Crippen LogP contribution in [-0.2, 0) is 0 Å². The predicted octanol–water partition coefficient (Wildman–Crippen LogP) is 4.15. The van der Waals surface area contributed by atoms with Crippen molar-refractivity contribution in [1.82, 2.24) is 4.98 Å². The molecular weight excluding hydrogens is 290 g/mol. The highest BCUT2D eigenvalue weighted by Gasteiger charge is 2.29. The highest BCUT2D eigenvalue weighted by atomic mass is 16.5. The molecule has 0 saturated heterocycles. The molecule has 0 bridgehead atoms. The van der Waals surface area contributed by atoms with Crippen LogP contribution in [0.5, 0.6) is 17.4 Å². The van der Waals surface area contributed by atoms with Crippen molar-refractivity contribution in [2.45, 2.75) is 31.6 Å². The maximum atomic E-state index is 9.24. The van der Waals surface area contributed by atoms with Crippen LogP contribution >= 0.6 is 0 Å². The summed E-state index contributed by atoms with van der Waals surface area (Å²) in [5.41, 5.74) is 1.28. The van der Waals surface area contributed by atoms with Crippen LogP contribution in [0.15, 0.2) is 42.6 Å². The number of ether oxygens (including phenoxy) is 2. The van der Waals surface area contributed by atoms with E-state index < -0.39 is 0 Å². The van der Waals surface area contributed by atoms with Crippen molar-refractivity contribution in [3.63, 3.8) is 0 Å². The zero-order valence-corrected chi connectivity index (χ0v) is 13.4. The van der Waals surface area contributed by atoms with E-state index in [-0.39, 0.29) is 5.88 Å². The van der Waals surface area contributed by atoms with Gasteiger partial charge in [-0.05, 0) is 42.4 Å². The molecule has 23 heavy (non-hydrogen) atoms. The zero-order chi connectivity index (χ0) is 16.1. The Labute approximate surface area is 137 Å². The van der Waals surface area contributed by atoms with Crippen LogP contribution in [0.3, 0.4) is 0 Å². The van der Waals surface area contributed by atoms with E-state index in [1.54, 1.807) is 25.4 Å². The van der Waals surface area contributed by atoms with Crippen LogP contribution in [0.4, 0.5) is 0 Å². The number of methoxy groups -OCH3 is 1. The summed E-state index contributed by atoms with van der Waals surface area (Å²) in [6, 6.07) is 11.6. The van der Waals surface area contributed by atoms with Gasteiger partial charge >= 0.3 is 0 Å². The summed E-state index contributed by atoms with van der Waals surface area (Å²) >= 11 is 0. The lowest BCUT2D eigenvalue weighted by Crippen LogP contribution is -2.24. The standard InChI is InChI=1S/C19H23NO3/c1-22-18-9-5-4-8-17(18)16-7-3-2-6-14(16)13-23-15-10-11-19(21)20-12-15/h4-5,8-12,14,16H,2-3,6-7,13H2,1H3,(H,20,21). The highest BCUT2D eigenvalue weighted by Crippen LogP contribution is 2.41. The van der Waals surface area contributed by atoms with Crippen LogP contribution in [0.2, 0.25) is 0 Å². The fourth-order valence-electron chi connectivity index (χ4n) is 3.45. The lowest BCUT2D eigenvalue weighted by atomic mass is 9.75. The average Bonchev–Trinajstić information content (AvgIpc) is 2.61. The molecule has 1 aliphatic carbocycles. The number of para-hydroxylation sites is 1. The highest BCUT2D eigenvalue weighted by molar-refractivity contribution is 5.37. The van der Waals surface area contributed by atoms with Crippen molar-refractivity contribution in [3.05, 3.63) is 48.2 Å². The van der Waals surface area contributed by atoms with Crippen molar-refractivity contribution < 1.29 is 14.6 Å². The van der Waals surface area contributed by atoms with Crippen molar-refractivity contribution in [3.8, 4) is 17.4 Å². The van der Waals surface area contributed by atoms with Gasteiger partial charge in [0.2, 0.25) is 5.88 Å². The SMILES string of the molecule is COc1ccccc1C1CCCCC1COc1ccc(O)nc1. The summed E-state index contributed by atoms with van der Waals surface area (Å²) in [6.07, 6.45) is 6.39. The van der Waals surface area contributed by atoms with E-state index in [1.165, 1.54) is 24.8 Å². The van der Waals surface area contributed by atoms with Gasteiger partial charge in [-0.1, -0.05) is 31.0 Å². The van der Waals surface area contributed by atoms with Gasteiger partial charge in [-0.3, -0.25) is 0 Å². The van der Waals surface area contributed by atoms with Gasteiger partial charge < -0.3 is 14.6 Å². The van der Waals surface area contributed by atoms with E-state index in [0.29, 0.717) is 24.2 Å². The van der Waals surface area contributed by atoms with Crippen molar-refractivity contribution in [2.24, 2.45) is 5.92 Å². The Morgan fingerprint density at radius 1 is 1.13 bits per heavy atom. The monoisotopic (exact) mass is 313 g/mol. The molecule has 1 aliphatic rings. The van der Waals surface area contributed by atoms with Crippen LogP contribution in [-0.4, -0.2) is 23.8 Å². The molecule has 2 atom stereocenters. The van der Waals surface area contributed by atoms with E-state index >= 15 is 0 Å². The van der Waals surface area contributed by atoms with Gasteiger partial charge in [0.25, 0.3) is 0 Å². The number of aromatic hydroxyl groups is 1. The molecule has 1 fully saturated rings. The van der Waals surface area contributed by atoms with Crippen molar-refractivity contribution in [1.29, 1.82) is 0 Å². The summed E-state index contributed by atoms with van der Waals surface area (Å²) < 4.78 is 11.5. The summed E-state index contributed by atoms with van der Waals surface area (Å²) in [7, 11) is 1.73.